The highest BCUT2D eigenvalue weighted by molar-refractivity contribution is 7.74. The summed E-state index contributed by atoms with van der Waals surface area (Å²) < 4.78 is 89.6. The second-order valence-electron chi connectivity index (χ2n) is 23.9. The Morgan fingerprint density at radius 3 is 1.11 bits per heavy atom. The maximum absolute atomic E-state index is 7.51. The number of unbranched alkanes of at least 4 members (excludes halogenated alkanes) is 5. The van der Waals surface area contributed by atoms with Crippen LogP contribution in [0.25, 0.3) is 0 Å². The lowest BCUT2D eigenvalue weighted by Crippen LogP contribution is -2.37. The van der Waals surface area contributed by atoms with Gasteiger partial charge >= 0.3 is 8.45 Å². The molecule has 22 heteroatoms. The number of aryl methyl sites for hydroxylation is 5. The summed E-state index contributed by atoms with van der Waals surface area (Å²) in [4.78, 5) is 18.4. The molecule has 0 aromatic heterocycles. The van der Waals surface area contributed by atoms with Gasteiger partial charge in [0.1, 0.15) is 47.8 Å². The molecule has 0 aliphatic carbocycles. The van der Waals surface area contributed by atoms with E-state index in [-0.39, 0.29) is 39.4 Å². The van der Waals surface area contributed by atoms with Crippen LogP contribution in [0.15, 0.2) is 140 Å². The molecule has 6 fully saturated rings. The van der Waals surface area contributed by atoms with Crippen molar-refractivity contribution in [2.45, 2.75) is 127 Å². The zero-order chi connectivity index (χ0) is 62.9. The molecule has 1 N–H and O–H groups in total. The first-order valence-corrected chi connectivity index (χ1v) is 36.7. The summed E-state index contributed by atoms with van der Waals surface area (Å²) in [6.45, 7) is 10.4. The van der Waals surface area contributed by atoms with Crippen LogP contribution in [-0.2, 0) is 79.5 Å². The Morgan fingerprint density at radius 1 is 0.355 bits per heavy atom. The first-order chi connectivity index (χ1) is 46.1. The standard InChI is InChI=1S/C71H90N3O16P3/c1-6-32-64(54(22-1)27-11-16-39-75-44-59-49-80-59)85-69-37-21-38-70(71(69)86-65-33-7-2-23-55(65)28-12-17-40-76-45-60-50-81-60)89-92-72-91-73(87-66-34-8-3-24-56(66)29-13-18-41-77-46-61-51-82-61)93(90-68-36-10-5-26-58(68)31-15-20-43-79-48-63-53-84-63)74(92)88-67-35-9-4-25-57(67)30-14-19-42-78-47-62-52-83-62/h1-10,21-26,32-38,59-63,72,91H,11-20,27-31,39-53H2. The fourth-order valence-corrected chi connectivity index (χ4v) is 16.0. The average molecular weight is 1330 g/mol. The molecule has 8 unspecified atom stereocenters. The van der Waals surface area contributed by atoms with Crippen molar-refractivity contribution in [2.75, 3.05) is 99.1 Å². The summed E-state index contributed by atoms with van der Waals surface area (Å²) in [7, 11) is -4.17. The van der Waals surface area contributed by atoms with E-state index in [2.05, 4.69) is 65.5 Å². The lowest BCUT2D eigenvalue weighted by Gasteiger charge is -2.42. The number of hydrogen-bond acceptors (Lipinski definition) is 19. The average Bonchev–Trinajstić information content (AvgIpc) is 1.84. The van der Waals surface area contributed by atoms with Crippen LogP contribution < -0.4 is 33.1 Å². The summed E-state index contributed by atoms with van der Waals surface area (Å²) >= 11 is 0. The van der Waals surface area contributed by atoms with Crippen molar-refractivity contribution in [3.8, 4) is 46.0 Å². The van der Waals surface area contributed by atoms with Gasteiger partial charge in [0.15, 0.2) is 23.0 Å². The van der Waals surface area contributed by atoms with Crippen molar-refractivity contribution < 1.29 is 75.6 Å². The summed E-state index contributed by atoms with van der Waals surface area (Å²) in [5.41, 5.74) is 5.28. The third-order valence-corrected chi connectivity index (χ3v) is 21.2. The maximum atomic E-state index is 7.51. The molecule has 0 bridgehead atoms. The SMILES string of the molecule is c1ccc(Oc2cccc(OP3NPN(Oc4ccccc4CCCCOCC4CO4)P(Oc4ccccc4CCCCOCC4CO4)N3Oc3ccccc3CCCCOCC3CO3)c2Oc2ccccc2CCCCOCC2CO2)c(CCCCOCC2CO2)c1. The second kappa shape index (κ2) is 36.8. The molecule has 500 valence electrons. The van der Waals surface area contributed by atoms with E-state index in [4.69, 9.17) is 75.6 Å². The van der Waals surface area contributed by atoms with Crippen molar-refractivity contribution in [3.05, 3.63) is 167 Å². The number of hydrogen-bond donors (Lipinski definition) is 1. The second-order valence-corrected chi connectivity index (χ2v) is 28.6. The topological polar surface area (TPSA) is 183 Å². The summed E-state index contributed by atoms with van der Waals surface area (Å²) in [5.74, 6) is 4.86. The zero-order valence-corrected chi connectivity index (χ0v) is 56.0. The van der Waals surface area contributed by atoms with Crippen LogP contribution in [0.5, 0.6) is 46.0 Å². The number of ether oxygens (including phenoxy) is 12. The molecule has 6 aliphatic heterocycles. The maximum Gasteiger partial charge on any atom is 0.332 e. The lowest BCUT2D eigenvalue weighted by molar-refractivity contribution is 0.0659. The molecule has 0 amide bonds. The Morgan fingerprint density at radius 2 is 0.688 bits per heavy atom. The van der Waals surface area contributed by atoms with Gasteiger partial charge < -0.3 is 75.6 Å². The molecule has 0 saturated carbocycles. The van der Waals surface area contributed by atoms with Crippen LogP contribution in [0.3, 0.4) is 0 Å². The molecular formula is C71H90N3O16P3. The molecule has 8 atom stereocenters. The molecule has 6 heterocycles. The highest BCUT2D eigenvalue weighted by atomic mass is 31.3. The van der Waals surface area contributed by atoms with Crippen molar-refractivity contribution >= 4 is 25.8 Å². The van der Waals surface area contributed by atoms with Gasteiger partial charge in [0.05, 0.1) is 75.0 Å². The van der Waals surface area contributed by atoms with Gasteiger partial charge in [0, 0.05) is 37.6 Å². The number of epoxide rings is 5. The molecule has 19 nitrogen and oxygen atoms in total. The first kappa shape index (κ1) is 67.9. The van der Waals surface area contributed by atoms with Crippen molar-refractivity contribution in [1.29, 1.82) is 0 Å². The molecule has 12 rings (SSSR count). The Balaban J connectivity index is 0.863. The third-order valence-electron chi connectivity index (χ3n) is 16.1. The quantitative estimate of drug-likeness (QED) is 0.0216. The van der Waals surface area contributed by atoms with Crippen molar-refractivity contribution in [2.24, 2.45) is 0 Å². The van der Waals surface area contributed by atoms with Gasteiger partial charge in [-0.3, -0.25) is 0 Å². The predicted octanol–water partition coefficient (Wildman–Crippen LogP) is 14.6. The van der Waals surface area contributed by atoms with Gasteiger partial charge in [0.2, 0.25) is 5.75 Å². The van der Waals surface area contributed by atoms with E-state index in [1.54, 1.807) is 0 Å². The Labute approximate surface area is 552 Å². The van der Waals surface area contributed by atoms with Crippen LogP contribution >= 0.6 is 25.8 Å². The zero-order valence-electron chi connectivity index (χ0n) is 53.2. The van der Waals surface area contributed by atoms with E-state index in [0.717, 1.165) is 169 Å². The smallest absolute Gasteiger partial charge is 0.332 e. The van der Waals surface area contributed by atoms with Gasteiger partial charge in [-0.2, -0.15) is 0 Å². The highest BCUT2D eigenvalue weighted by Gasteiger charge is 2.47. The van der Waals surface area contributed by atoms with Gasteiger partial charge in [-0.1, -0.05) is 97.1 Å². The minimum absolute atomic E-state index is 0.164. The number of benzene rings is 6. The molecule has 6 aliphatic rings. The van der Waals surface area contributed by atoms with E-state index in [1.165, 1.54) is 0 Å². The van der Waals surface area contributed by atoms with E-state index in [9.17, 15) is 0 Å². The normalized spacial score (nSPS) is 21.5. The van der Waals surface area contributed by atoms with Gasteiger partial charge in [-0.05, 0) is 171 Å². The van der Waals surface area contributed by atoms with Crippen LogP contribution in [-0.4, -0.2) is 139 Å². The van der Waals surface area contributed by atoms with Crippen molar-refractivity contribution in [1.82, 2.24) is 14.1 Å². The molecule has 6 aromatic rings. The first-order valence-electron chi connectivity index (χ1n) is 33.4. The number of nitrogens with one attached hydrogen (secondary N) is 1. The fourth-order valence-electron chi connectivity index (χ4n) is 10.4. The summed E-state index contributed by atoms with van der Waals surface area (Å²) in [5, 5.41) is 0. The monoisotopic (exact) mass is 1330 g/mol. The fraction of sp³-hybridized carbons (Fsp3) is 0.493. The van der Waals surface area contributed by atoms with Crippen LogP contribution in [0.4, 0.5) is 0 Å². The van der Waals surface area contributed by atoms with Gasteiger partial charge in [0.25, 0.3) is 8.45 Å². The molecule has 6 aromatic carbocycles. The Hall–Kier alpha value is -5.11. The van der Waals surface area contributed by atoms with Crippen LogP contribution in [0, 0.1) is 0 Å². The number of nitrogens with zero attached hydrogens (tertiary/aromatic N) is 2. The molecule has 6 saturated heterocycles. The van der Waals surface area contributed by atoms with E-state index >= 15 is 0 Å². The van der Waals surface area contributed by atoms with Gasteiger partial charge in [-0.15, -0.1) is 0 Å². The Kier molecular flexibility index (Phi) is 26.9. The van der Waals surface area contributed by atoms with Gasteiger partial charge in [-0.25, -0.2) is 4.86 Å². The molecule has 93 heavy (non-hydrogen) atoms. The summed E-state index contributed by atoms with van der Waals surface area (Å²) in [6.07, 6.45) is 14.0. The Bertz CT molecular complexity index is 3190. The minimum Gasteiger partial charge on any atom is -0.453 e. The lowest BCUT2D eigenvalue weighted by atomic mass is 10.1. The third kappa shape index (κ3) is 23.0. The predicted molar refractivity (Wildman–Crippen MR) is 358 cm³/mol. The van der Waals surface area contributed by atoms with E-state index < -0.39 is 16.9 Å². The number of para-hydroxylation sites is 6. The van der Waals surface area contributed by atoms with Crippen LogP contribution in [0.1, 0.15) is 92.0 Å². The largest absolute Gasteiger partial charge is 0.453 e. The molecule has 0 spiro atoms. The molecule has 0 radical (unpaired) electrons. The van der Waals surface area contributed by atoms with Crippen molar-refractivity contribution in [3.63, 3.8) is 0 Å². The summed E-state index contributed by atoms with van der Waals surface area (Å²) in [6, 6.07) is 46.9. The molecular weight excluding hydrogens is 1240 g/mol. The highest BCUT2D eigenvalue weighted by Crippen LogP contribution is 2.67. The van der Waals surface area contributed by atoms with E-state index in [1.807, 2.05) is 88.1 Å². The van der Waals surface area contributed by atoms with E-state index in [0.29, 0.717) is 101 Å². The van der Waals surface area contributed by atoms with Crippen LogP contribution in [0.2, 0.25) is 0 Å². The number of rotatable bonds is 47. The minimum atomic E-state index is -2.03.